The highest BCUT2D eigenvalue weighted by atomic mass is 16.5. The van der Waals surface area contributed by atoms with Crippen LogP contribution in [-0.4, -0.2) is 6.10 Å². The second-order valence-corrected chi connectivity index (χ2v) is 3.52. The van der Waals surface area contributed by atoms with Gasteiger partial charge in [0.1, 0.15) is 11.9 Å². The van der Waals surface area contributed by atoms with Crippen molar-refractivity contribution in [3.05, 3.63) is 54.1 Å². The lowest BCUT2D eigenvalue weighted by Crippen LogP contribution is -2.13. The first kappa shape index (κ1) is 9.07. The smallest absolute Gasteiger partial charge is 0.121 e. The Morgan fingerprint density at radius 1 is 1.29 bits per heavy atom. The van der Waals surface area contributed by atoms with Crippen LogP contribution < -0.4 is 4.74 Å². The summed E-state index contributed by atoms with van der Waals surface area (Å²) in [4.78, 5) is 0. The molecule has 0 bridgehead atoms. The van der Waals surface area contributed by atoms with Crippen molar-refractivity contribution in [2.75, 3.05) is 0 Å². The first-order valence-corrected chi connectivity index (χ1v) is 4.91. The fourth-order valence-corrected chi connectivity index (χ4v) is 1.51. The number of rotatable bonds is 2. The second-order valence-electron chi connectivity index (χ2n) is 3.52. The lowest BCUT2D eigenvalue weighted by Gasteiger charge is -2.15. The predicted molar refractivity (Wildman–Crippen MR) is 58.5 cm³/mol. The molecule has 0 spiro atoms. The predicted octanol–water partition coefficient (Wildman–Crippen LogP) is 3.26. The van der Waals surface area contributed by atoms with Gasteiger partial charge in [-0.2, -0.15) is 0 Å². The van der Waals surface area contributed by atoms with Crippen LogP contribution in [0, 0.1) is 6.92 Å². The van der Waals surface area contributed by atoms with Crippen molar-refractivity contribution >= 4 is 0 Å². The molecule has 0 aliphatic heterocycles. The average molecular weight is 186 g/mol. The summed E-state index contributed by atoms with van der Waals surface area (Å²) in [5, 5.41) is 0. The summed E-state index contributed by atoms with van der Waals surface area (Å²) < 4.78 is 5.80. The van der Waals surface area contributed by atoms with Crippen molar-refractivity contribution in [1.82, 2.24) is 0 Å². The van der Waals surface area contributed by atoms with Crippen LogP contribution in [0.25, 0.3) is 0 Å². The van der Waals surface area contributed by atoms with E-state index in [0.29, 0.717) is 0 Å². The fraction of sp³-hybridized carbons (Fsp3) is 0.231. The van der Waals surface area contributed by atoms with Gasteiger partial charge in [0.2, 0.25) is 0 Å². The maximum atomic E-state index is 5.80. The maximum absolute atomic E-state index is 5.80. The Morgan fingerprint density at radius 2 is 2.21 bits per heavy atom. The minimum absolute atomic E-state index is 0.196. The Morgan fingerprint density at radius 3 is 2.93 bits per heavy atom. The molecule has 72 valence electrons. The minimum atomic E-state index is 0.196. The van der Waals surface area contributed by atoms with Gasteiger partial charge in [0.05, 0.1) is 0 Å². The topological polar surface area (TPSA) is 9.23 Å². The molecular weight excluding hydrogens is 172 g/mol. The monoisotopic (exact) mass is 186 g/mol. The van der Waals surface area contributed by atoms with Crippen LogP contribution in [0.15, 0.2) is 48.6 Å². The van der Waals surface area contributed by atoms with Gasteiger partial charge in [-0.25, -0.2) is 0 Å². The molecule has 1 unspecified atom stereocenters. The van der Waals surface area contributed by atoms with Gasteiger partial charge in [-0.1, -0.05) is 30.4 Å². The summed E-state index contributed by atoms with van der Waals surface area (Å²) in [6.07, 6.45) is 9.45. The third-order valence-corrected chi connectivity index (χ3v) is 2.22. The molecule has 1 aliphatic rings. The van der Waals surface area contributed by atoms with E-state index >= 15 is 0 Å². The van der Waals surface area contributed by atoms with Gasteiger partial charge in [-0.15, -0.1) is 0 Å². The zero-order chi connectivity index (χ0) is 9.80. The quantitative estimate of drug-likeness (QED) is 0.688. The van der Waals surface area contributed by atoms with Crippen LogP contribution in [0.3, 0.4) is 0 Å². The van der Waals surface area contributed by atoms with E-state index in [9.17, 15) is 0 Å². The molecule has 14 heavy (non-hydrogen) atoms. The summed E-state index contributed by atoms with van der Waals surface area (Å²) >= 11 is 0. The summed E-state index contributed by atoms with van der Waals surface area (Å²) in [5.74, 6) is 0.954. The molecule has 0 heterocycles. The van der Waals surface area contributed by atoms with Gasteiger partial charge in [0.25, 0.3) is 0 Å². The van der Waals surface area contributed by atoms with Crippen molar-refractivity contribution in [2.24, 2.45) is 0 Å². The van der Waals surface area contributed by atoms with Gasteiger partial charge >= 0.3 is 0 Å². The Bertz CT molecular complexity index is 363. The van der Waals surface area contributed by atoms with E-state index in [-0.39, 0.29) is 6.10 Å². The molecule has 0 saturated carbocycles. The first-order valence-electron chi connectivity index (χ1n) is 4.91. The van der Waals surface area contributed by atoms with E-state index in [0.717, 1.165) is 12.2 Å². The molecule has 1 heteroatoms. The van der Waals surface area contributed by atoms with Crippen LogP contribution in [-0.2, 0) is 0 Å². The standard InChI is InChI=1S/C13H14O/c1-11-6-5-9-13(10-11)14-12-7-3-2-4-8-12/h2-7,9-10,12H,8H2,1H3. The molecule has 1 atom stereocenters. The van der Waals surface area contributed by atoms with Crippen molar-refractivity contribution in [3.8, 4) is 5.75 Å². The zero-order valence-corrected chi connectivity index (χ0v) is 8.31. The Hall–Kier alpha value is -1.50. The van der Waals surface area contributed by atoms with E-state index in [1.54, 1.807) is 0 Å². The van der Waals surface area contributed by atoms with Gasteiger partial charge in [0, 0.05) is 6.42 Å². The first-order chi connectivity index (χ1) is 6.84. The molecular formula is C13H14O. The lowest BCUT2D eigenvalue weighted by atomic mass is 10.1. The number of hydrogen-bond acceptors (Lipinski definition) is 1. The summed E-state index contributed by atoms with van der Waals surface area (Å²) in [6, 6.07) is 8.15. The number of hydrogen-bond donors (Lipinski definition) is 0. The summed E-state index contributed by atoms with van der Waals surface area (Å²) in [7, 11) is 0. The number of allylic oxidation sites excluding steroid dienone is 2. The van der Waals surface area contributed by atoms with Crippen molar-refractivity contribution < 1.29 is 4.74 Å². The van der Waals surface area contributed by atoms with Crippen LogP contribution in [0.5, 0.6) is 5.75 Å². The number of benzene rings is 1. The van der Waals surface area contributed by atoms with Gasteiger partial charge in [0.15, 0.2) is 0 Å². The fourth-order valence-electron chi connectivity index (χ4n) is 1.51. The normalized spacial score (nSPS) is 19.6. The van der Waals surface area contributed by atoms with Crippen molar-refractivity contribution in [3.63, 3.8) is 0 Å². The molecule has 0 amide bonds. The maximum Gasteiger partial charge on any atom is 0.121 e. The SMILES string of the molecule is Cc1cccc(OC2C=CC=CC2)c1. The third kappa shape index (κ3) is 2.25. The van der Waals surface area contributed by atoms with E-state index in [4.69, 9.17) is 4.74 Å². The largest absolute Gasteiger partial charge is 0.486 e. The van der Waals surface area contributed by atoms with Crippen LogP contribution >= 0.6 is 0 Å². The van der Waals surface area contributed by atoms with E-state index in [1.165, 1.54) is 5.56 Å². The Balaban J connectivity index is 2.04. The number of aryl methyl sites for hydroxylation is 1. The van der Waals surface area contributed by atoms with Crippen molar-refractivity contribution in [2.45, 2.75) is 19.4 Å². The molecule has 0 saturated heterocycles. The van der Waals surface area contributed by atoms with E-state index < -0.39 is 0 Å². The highest BCUT2D eigenvalue weighted by Gasteiger charge is 2.06. The van der Waals surface area contributed by atoms with Crippen LogP contribution in [0.2, 0.25) is 0 Å². The van der Waals surface area contributed by atoms with Crippen LogP contribution in [0.4, 0.5) is 0 Å². The third-order valence-electron chi connectivity index (χ3n) is 2.22. The Labute approximate surface area is 84.7 Å². The average Bonchev–Trinajstić information content (AvgIpc) is 2.19. The van der Waals surface area contributed by atoms with Gasteiger partial charge < -0.3 is 4.74 Å². The molecule has 1 aromatic rings. The van der Waals surface area contributed by atoms with Crippen molar-refractivity contribution in [1.29, 1.82) is 0 Å². The molecule has 0 aromatic heterocycles. The molecule has 0 fully saturated rings. The minimum Gasteiger partial charge on any atom is -0.486 e. The molecule has 2 rings (SSSR count). The molecule has 1 nitrogen and oxygen atoms in total. The second kappa shape index (κ2) is 4.14. The summed E-state index contributed by atoms with van der Waals surface area (Å²) in [6.45, 7) is 2.07. The van der Waals surface area contributed by atoms with E-state index in [1.807, 2.05) is 18.2 Å². The van der Waals surface area contributed by atoms with Crippen LogP contribution in [0.1, 0.15) is 12.0 Å². The highest BCUT2D eigenvalue weighted by molar-refractivity contribution is 5.28. The summed E-state index contributed by atoms with van der Waals surface area (Å²) in [5.41, 5.74) is 1.23. The zero-order valence-electron chi connectivity index (χ0n) is 8.31. The Kier molecular flexibility index (Phi) is 2.68. The van der Waals surface area contributed by atoms with E-state index in [2.05, 4.69) is 37.3 Å². The lowest BCUT2D eigenvalue weighted by molar-refractivity contribution is 0.251. The van der Waals surface area contributed by atoms with Gasteiger partial charge in [-0.05, 0) is 30.7 Å². The molecule has 1 aromatic carbocycles. The molecule has 1 aliphatic carbocycles. The molecule has 0 radical (unpaired) electrons. The highest BCUT2D eigenvalue weighted by Crippen LogP contribution is 2.17. The van der Waals surface area contributed by atoms with Gasteiger partial charge in [-0.3, -0.25) is 0 Å². The molecule has 0 N–H and O–H groups in total. The number of ether oxygens (including phenoxy) is 1.